The molecule has 0 amide bonds. The molecule has 1 saturated heterocycles. The molecule has 0 aliphatic carbocycles. The van der Waals surface area contributed by atoms with E-state index in [1.54, 1.807) is 4.57 Å². The van der Waals surface area contributed by atoms with Gasteiger partial charge in [0.2, 0.25) is 0 Å². The largest absolute Gasteiger partial charge is 0.410 e. The summed E-state index contributed by atoms with van der Waals surface area (Å²) in [5.74, 6) is 2.52. The third kappa shape index (κ3) is 3.28. The van der Waals surface area contributed by atoms with Crippen LogP contribution in [0.3, 0.4) is 0 Å². The number of aliphatic hydroxyl groups is 1. The van der Waals surface area contributed by atoms with Crippen LogP contribution in [-0.4, -0.2) is 51.3 Å². The Morgan fingerprint density at radius 1 is 1.50 bits per heavy atom. The zero-order chi connectivity index (χ0) is 20.9. The van der Waals surface area contributed by atoms with E-state index in [1.165, 1.54) is 6.33 Å². The summed E-state index contributed by atoms with van der Waals surface area (Å²) in [6, 6.07) is 0. The average molecular weight is 408 g/mol. The monoisotopic (exact) mass is 407 g/mol. The lowest BCUT2D eigenvalue weighted by Gasteiger charge is -2.41. The molecule has 3 heterocycles. The van der Waals surface area contributed by atoms with E-state index in [0.717, 1.165) is 0 Å². The minimum atomic E-state index is -2.19. The van der Waals surface area contributed by atoms with Gasteiger partial charge in [-0.1, -0.05) is 26.7 Å². The summed E-state index contributed by atoms with van der Waals surface area (Å²) in [7, 11) is -2.19. The second-order valence-corrected chi connectivity index (χ2v) is 13.3. The number of fused-ring (bicyclic) bond motifs is 1. The first-order valence-corrected chi connectivity index (χ1v) is 11.9. The SMILES string of the molecule is C#C[C@]1(CO)O[C@@H](n2cnc3c(N)nc(F)nc32)C[C@@H]1O[Si](C)(C)C(C)(C)C. The van der Waals surface area contributed by atoms with Crippen LogP contribution in [0.1, 0.15) is 33.4 Å². The van der Waals surface area contributed by atoms with Gasteiger partial charge in [-0.3, -0.25) is 4.57 Å². The fourth-order valence-corrected chi connectivity index (χ4v) is 4.37. The van der Waals surface area contributed by atoms with Crippen molar-refractivity contribution >= 4 is 25.3 Å². The van der Waals surface area contributed by atoms with E-state index >= 15 is 0 Å². The van der Waals surface area contributed by atoms with Gasteiger partial charge in [-0.25, -0.2) is 4.98 Å². The Morgan fingerprint density at radius 3 is 2.75 bits per heavy atom. The number of hydrogen-bond acceptors (Lipinski definition) is 7. The van der Waals surface area contributed by atoms with Crippen molar-refractivity contribution in [2.24, 2.45) is 0 Å². The molecule has 1 aliphatic rings. The zero-order valence-electron chi connectivity index (χ0n) is 16.7. The molecular weight excluding hydrogens is 381 g/mol. The van der Waals surface area contributed by atoms with E-state index in [-0.39, 0.29) is 22.0 Å². The van der Waals surface area contributed by atoms with Gasteiger partial charge in [0.15, 0.2) is 30.9 Å². The Labute approximate surface area is 164 Å². The van der Waals surface area contributed by atoms with Gasteiger partial charge >= 0.3 is 6.08 Å². The van der Waals surface area contributed by atoms with E-state index in [0.29, 0.717) is 6.42 Å². The molecule has 0 unspecified atom stereocenters. The topological polar surface area (TPSA) is 108 Å². The van der Waals surface area contributed by atoms with E-state index in [2.05, 4.69) is 54.7 Å². The molecule has 0 saturated carbocycles. The van der Waals surface area contributed by atoms with Gasteiger partial charge in [-0.15, -0.1) is 6.42 Å². The molecule has 0 aromatic carbocycles. The quantitative estimate of drug-likeness (QED) is 0.454. The molecular formula is C18H26FN5O3Si. The summed E-state index contributed by atoms with van der Waals surface area (Å²) < 4.78 is 27.8. The molecule has 1 fully saturated rings. The molecule has 0 bridgehead atoms. The van der Waals surface area contributed by atoms with E-state index in [1.807, 2.05) is 0 Å². The number of terminal acetylenes is 1. The number of ether oxygens (including phenoxy) is 1. The number of aromatic nitrogens is 4. The summed E-state index contributed by atoms with van der Waals surface area (Å²) in [6.07, 6.45) is 5.42. The van der Waals surface area contributed by atoms with Gasteiger partial charge in [-0.05, 0) is 18.1 Å². The van der Waals surface area contributed by atoms with Gasteiger partial charge in [0.1, 0.15) is 6.23 Å². The summed E-state index contributed by atoms with van der Waals surface area (Å²) in [5, 5.41) is 9.99. The van der Waals surface area contributed by atoms with Crippen LogP contribution in [0.15, 0.2) is 6.33 Å². The lowest BCUT2D eigenvalue weighted by Crippen LogP contribution is -2.51. The highest BCUT2D eigenvalue weighted by atomic mass is 28.4. The van der Waals surface area contributed by atoms with Crippen molar-refractivity contribution in [2.45, 2.75) is 63.3 Å². The van der Waals surface area contributed by atoms with Crippen molar-refractivity contribution in [1.82, 2.24) is 19.5 Å². The number of rotatable bonds is 4. The standard InChI is InChI=1S/C18H26FN5O3Si/c1-7-18(9-25)11(27-28(5,6)17(2,3)4)8-12(26-18)24-10-21-13-14(20)22-16(19)23-15(13)24/h1,10-12,25H,8-9H2,2-6H3,(H2,20,22,23)/t11-,12+,18+/m0/s1. The number of imidazole rings is 1. The van der Waals surface area contributed by atoms with E-state index in [4.69, 9.17) is 21.3 Å². The number of nitrogens with zero attached hydrogens (tertiary/aromatic N) is 4. The highest BCUT2D eigenvalue weighted by molar-refractivity contribution is 6.74. The van der Waals surface area contributed by atoms with Gasteiger partial charge in [0.25, 0.3) is 0 Å². The first-order chi connectivity index (χ1) is 12.9. The fraction of sp³-hybridized carbons (Fsp3) is 0.611. The fourth-order valence-electron chi connectivity index (χ4n) is 3.02. The van der Waals surface area contributed by atoms with Gasteiger partial charge in [-0.2, -0.15) is 14.4 Å². The van der Waals surface area contributed by atoms with Crippen LogP contribution in [-0.2, 0) is 9.16 Å². The second-order valence-electron chi connectivity index (χ2n) is 8.57. The molecule has 2 aromatic rings. The maximum Gasteiger partial charge on any atom is 0.312 e. The Kier molecular flexibility index (Phi) is 5.00. The average Bonchev–Trinajstić information content (AvgIpc) is 3.15. The van der Waals surface area contributed by atoms with Crippen LogP contribution in [0.2, 0.25) is 18.1 Å². The van der Waals surface area contributed by atoms with Crippen LogP contribution in [0, 0.1) is 18.4 Å². The number of hydrogen-bond donors (Lipinski definition) is 2. The number of aliphatic hydroxyl groups excluding tert-OH is 1. The molecule has 3 N–H and O–H groups in total. The molecule has 0 radical (unpaired) electrons. The Bertz CT molecular complexity index is 936. The first-order valence-electron chi connectivity index (χ1n) is 9.04. The summed E-state index contributed by atoms with van der Waals surface area (Å²) in [5.41, 5.74) is 4.90. The number of halogens is 1. The zero-order valence-corrected chi connectivity index (χ0v) is 17.7. The third-order valence-corrected chi connectivity index (χ3v) is 10.2. The molecule has 3 atom stereocenters. The maximum atomic E-state index is 13.7. The minimum absolute atomic E-state index is 0.0482. The van der Waals surface area contributed by atoms with Crippen molar-refractivity contribution in [2.75, 3.05) is 12.3 Å². The van der Waals surface area contributed by atoms with Crippen molar-refractivity contribution < 1.29 is 18.7 Å². The highest BCUT2D eigenvalue weighted by Gasteiger charge is 2.53. The predicted molar refractivity (Wildman–Crippen MR) is 105 cm³/mol. The number of nitrogen functional groups attached to an aromatic ring is 1. The van der Waals surface area contributed by atoms with Crippen molar-refractivity contribution in [3.05, 3.63) is 12.4 Å². The lowest BCUT2D eigenvalue weighted by atomic mass is 9.99. The Hall–Kier alpha value is -2.06. The summed E-state index contributed by atoms with van der Waals surface area (Å²) in [4.78, 5) is 11.4. The van der Waals surface area contributed by atoms with Crippen LogP contribution in [0.4, 0.5) is 10.2 Å². The molecule has 8 nitrogen and oxygen atoms in total. The smallest absolute Gasteiger partial charge is 0.312 e. The molecule has 3 rings (SSSR count). The van der Waals surface area contributed by atoms with Crippen molar-refractivity contribution in [1.29, 1.82) is 0 Å². The highest BCUT2D eigenvalue weighted by Crippen LogP contribution is 2.44. The van der Waals surface area contributed by atoms with Crippen molar-refractivity contribution in [3.63, 3.8) is 0 Å². The van der Waals surface area contributed by atoms with Gasteiger partial charge in [0, 0.05) is 6.42 Å². The normalized spacial score (nSPS) is 25.9. The molecule has 1 aliphatic heterocycles. The Balaban J connectivity index is 1.99. The number of nitrogens with two attached hydrogens (primary N) is 1. The second kappa shape index (κ2) is 6.77. The third-order valence-electron chi connectivity index (χ3n) is 5.74. The van der Waals surface area contributed by atoms with Crippen LogP contribution >= 0.6 is 0 Å². The Morgan fingerprint density at radius 2 is 2.18 bits per heavy atom. The predicted octanol–water partition coefficient (Wildman–Crippen LogP) is 2.22. The first kappa shape index (κ1) is 20.7. The van der Waals surface area contributed by atoms with Gasteiger partial charge < -0.3 is 20.0 Å². The van der Waals surface area contributed by atoms with E-state index in [9.17, 15) is 9.50 Å². The van der Waals surface area contributed by atoms with Crippen molar-refractivity contribution in [3.8, 4) is 12.3 Å². The summed E-state index contributed by atoms with van der Waals surface area (Å²) >= 11 is 0. The maximum absolute atomic E-state index is 13.7. The van der Waals surface area contributed by atoms with Crippen LogP contribution < -0.4 is 5.73 Å². The molecule has 152 valence electrons. The molecule has 28 heavy (non-hydrogen) atoms. The van der Waals surface area contributed by atoms with E-state index < -0.39 is 38.9 Å². The molecule has 0 spiro atoms. The van der Waals surface area contributed by atoms with Crippen LogP contribution in [0.5, 0.6) is 0 Å². The lowest BCUT2D eigenvalue weighted by molar-refractivity contribution is -0.0866. The van der Waals surface area contributed by atoms with Crippen LogP contribution in [0.25, 0.3) is 11.2 Å². The number of anilines is 1. The summed E-state index contributed by atoms with van der Waals surface area (Å²) in [6.45, 7) is 10.2. The minimum Gasteiger partial charge on any atom is -0.410 e. The molecule has 10 heteroatoms. The molecule has 2 aromatic heterocycles. The van der Waals surface area contributed by atoms with Gasteiger partial charge in [0.05, 0.1) is 19.0 Å².